The van der Waals surface area contributed by atoms with E-state index in [4.69, 9.17) is 0 Å². The maximum absolute atomic E-state index is 4.58. The first-order valence-corrected chi connectivity index (χ1v) is 9.89. The van der Waals surface area contributed by atoms with E-state index < -0.39 is 0 Å². The zero-order chi connectivity index (χ0) is 15.9. The molecule has 1 fully saturated rings. The predicted molar refractivity (Wildman–Crippen MR) is 94.2 cm³/mol. The highest BCUT2D eigenvalue weighted by atomic mass is 32.2. The predicted octanol–water partition coefficient (Wildman–Crippen LogP) is 1.67. The molecule has 9 heteroatoms. The van der Waals surface area contributed by atoms with Crippen molar-refractivity contribution in [3.8, 4) is 0 Å². The topological polar surface area (TPSA) is 82.6 Å². The Kier molecular flexibility index (Phi) is 6.12. The molecule has 0 radical (unpaired) electrons. The van der Waals surface area contributed by atoms with Crippen LogP contribution in [0.15, 0.2) is 28.9 Å². The molecule has 0 aromatic carbocycles. The highest BCUT2D eigenvalue weighted by Crippen LogP contribution is 2.20. The summed E-state index contributed by atoms with van der Waals surface area (Å²) in [7, 11) is 0. The summed E-state index contributed by atoms with van der Waals surface area (Å²) in [5.41, 5.74) is 0. The third-order valence-electron chi connectivity index (χ3n) is 3.79. The lowest BCUT2D eigenvalue weighted by Gasteiger charge is -2.33. The van der Waals surface area contributed by atoms with E-state index in [-0.39, 0.29) is 0 Å². The minimum Gasteiger partial charge on any atom is -0.356 e. The molecule has 2 aromatic heterocycles. The van der Waals surface area contributed by atoms with Gasteiger partial charge in [0.25, 0.3) is 0 Å². The summed E-state index contributed by atoms with van der Waals surface area (Å²) in [6.07, 6.45) is 7.68. The van der Waals surface area contributed by atoms with Crippen molar-refractivity contribution in [1.82, 2.24) is 30.5 Å². The van der Waals surface area contributed by atoms with Crippen LogP contribution in [0.25, 0.3) is 0 Å². The number of hydrogen-bond acceptors (Lipinski definition) is 8. The molecule has 3 rings (SSSR count). The van der Waals surface area contributed by atoms with Gasteiger partial charge in [0, 0.05) is 37.6 Å². The first-order valence-electron chi connectivity index (χ1n) is 7.68. The van der Waals surface area contributed by atoms with Crippen molar-refractivity contribution in [3.63, 3.8) is 0 Å². The summed E-state index contributed by atoms with van der Waals surface area (Å²) in [6.45, 7) is 3.07. The van der Waals surface area contributed by atoms with E-state index in [9.17, 15) is 0 Å². The van der Waals surface area contributed by atoms with Crippen LogP contribution in [0.4, 0.5) is 5.82 Å². The van der Waals surface area contributed by atoms with E-state index in [1.807, 2.05) is 18.5 Å². The molecule has 0 amide bonds. The standard InChI is InChI=1S/C14H21N7S2/c1-22-13-16-5-2-12(19-13)21-7-3-11(4-8-21)15-6-9-23-14-17-10-18-20-14/h2,5,10-11,15H,3-4,6-9H2,1H3,(H,17,18,20). The number of thioether (sulfide) groups is 2. The molecule has 0 unspecified atom stereocenters. The lowest BCUT2D eigenvalue weighted by molar-refractivity contribution is 0.423. The van der Waals surface area contributed by atoms with Crippen molar-refractivity contribution >= 4 is 29.3 Å². The Hall–Kier alpha value is -1.32. The number of aromatic nitrogens is 5. The van der Waals surface area contributed by atoms with Gasteiger partial charge in [-0.15, -0.1) is 0 Å². The maximum Gasteiger partial charge on any atom is 0.189 e. The lowest BCUT2D eigenvalue weighted by Crippen LogP contribution is -2.43. The van der Waals surface area contributed by atoms with Crippen LogP contribution in [-0.2, 0) is 0 Å². The first kappa shape index (κ1) is 16.5. The number of aromatic amines is 1. The summed E-state index contributed by atoms with van der Waals surface area (Å²) in [5, 5.41) is 12.1. The van der Waals surface area contributed by atoms with Crippen molar-refractivity contribution < 1.29 is 0 Å². The molecule has 124 valence electrons. The van der Waals surface area contributed by atoms with Gasteiger partial charge >= 0.3 is 0 Å². The summed E-state index contributed by atoms with van der Waals surface area (Å²) >= 11 is 3.28. The van der Waals surface area contributed by atoms with Crippen molar-refractivity contribution in [2.45, 2.75) is 29.2 Å². The molecule has 23 heavy (non-hydrogen) atoms. The van der Waals surface area contributed by atoms with Gasteiger partial charge in [-0.1, -0.05) is 23.5 Å². The number of piperidine rings is 1. The molecular weight excluding hydrogens is 330 g/mol. The zero-order valence-electron chi connectivity index (χ0n) is 13.1. The molecule has 1 aliphatic heterocycles. The fraction of sp³-hybridized carbons (Fsp3) is 0.571. The minimum absolute atomic E-state index is 0.587. The van der Waals surface area contributed by atoms with Crippen LogP contribution in [-0.4, -0.2) is 62.8 Å². The van der Waals surface area contributed by atoms with Gasteiger partial charge in [0.15, 0.2) is 10.3 Å². The van der Waals surface area contributed by atoms with Crippen LogP contribution in [0.5, 0.6) is 0 Å². The van der Waals surface area contributed by atoms with E-state index in [2.05, 4.69) is 35.4 Å². The molecule has 2 aromatic rings. The zero-order valence-corrected chi connectivity index (χ0v) is 14.7. The fourth-order valence-corrected chi connectivity index (χ4v) is 3.60. The molecule has 0 aliphatic carbocycles. The Bertz CT molecular complexity index is 585. The second kappa shape index (κ2) is 8.51. The fourth-order valence-electron chi connectivity index (χ4n) is 2.59. The molecule has 7 nitrogen and oxygen atoms in total. The SMILES string of the molecule is CSc1nccc(N2CCC(NCCSc3ncn[nH]3)CC2)n1. The van der Waals surface area contributed by atoms with E-state index in [1.165, 1.54) is 0 Å². The first-order chi connectivity index (χ1) is 11.3. The Balaban J connectivity index is 1.38. The number of nitrogens with zero attached hydrogens (tertiary/aromatic N) is 5. The second-order valence-electron chi connectivity index (χ2n) is 5.26. The van der Waals surface area contributed by atoms with Crippen LogP contribution < -0.4 is 10.2 Å². The highest BCUT2D eigenvalue weighted by Gasteiger charge is 2.19. The van der Waals surface area contributed by atoms with Crippen LogP contribution in [0.1, 0.15) is 12.8 Å². The maximum atomic E-state index is 4.58. The molecule has 3 heterocycles. The molecular formula is C14H21N7S2. The summed E-state index contributed by atoms with van der Waals surface area (Å²) in [4.78, 5) is 15.3. The van der Waals surface area contributed by atoms with Gasteiger partial charge in [0.1, 0.15) is 12.1 Å². The van der Waals surface area contributed by atoms with Crippen molar-refractivity contribution in [1.29, 1.82) is 0 Å². The summed E-state index contributed by atoms with van der Waals surface area (Å²) < 4.78 is 0. The lowest BCUT2D eigenvalue weighted by atomic mass is 10.1. The average molecular weight is 352 g/mol. The Labute approximate surface area is 144 Å². The second-order valence-corrected chi connectivity index (χ2v) is 7.11. The molecule has 0 atom stereocenters. The minimum atomic E-state index is 0.587. The Morgan fingerprint density at radius 2 is 2.22 bits per heavy atom. The van der Waals surface area contributed by atoms with E-state index in [1.54, 1.807) is 29.9 Å². The third kappa shape index (κ3) is 4.82. The average Bonchev–Trinajstić information content (AvgIpc) is 3.13. The monoisotopic (exact) mass is 351 g/mol. The molecule has 0 bridgehead atoms. The smallest absolute Gasteiger partial charge is 0.189 e. The molecule has 1 aliphatic rings. The van der Waals surface area contributed by atoms with Gasteiger partial charge in [-0.2, -0.15) is 5.10 Å². The normalized spacial score (nSPS) is 16.0. The molecule has 0 spiro atoms. The van der Waals surface area contributed by atoms with Gasteiger partial charge in [-0.3, -0.25) is 5.10 Å². The van der Waals surface area contributed by atoms with Crippen molar-refractivity contribution in [3.05, 3.63) is 18.6 Å². The number of anilines is 1. The number of hydrogen-bond donors (Lipinski definition) is 2. The van der Waals surface area contributed by atoms with Gasteiger partial charge in [-0.25, -0.2) is 15.0 Å². The Morgan fingerprint density at radius 3 is 2.96 bits per heavy atom. The van der Waals surface area contributed by atoms with Gasteiger partial charge < -0.3 is 10.2 Å². The van der Waals surface area contributed by atoms with E-state index in [0.717, 1.165) is 54.4 Å². The Morgan fingerprint density at radius 1 is 1.35 bits per heavy atom. The third-order valence-corrected chi connectivity index (χ3v) is 5.23. The van der Waals surface area contributed by atoms with E-state index >= 15 is 0 Å². The largest absolute Gasteiger partial charge is 0.356 e. The summed E-state index contributed by atoms with van der Waals surface area (Å²) in [5.74, 6) is 2.04. The van der Waals surface area contributed by atoms with Gasteiger partial charge in [0.2, 0.25) is 0 Å². The number of H-pyrrole nitrogens is 1. The molecule has 1 saturated heterocycles. The highest BCUT2D eigenvalue weighted by molar-refractivity contribution is 7.99. The van der Waals surface area contributed by atoms with E-state index in [0.29, 0.717) is 6.04 Å². The van der Waals surface area contributed by atoms with Gasteiger partial charge in [-0.05, 0) is 25.2 Å². The summed E-state index contributed by atoms with van der Waals surface area (Å²) in [6, 6.07) is 2.59. The van der Waals surface area contributed by atoms with Crippen LogP contribution in [0, 0.1) is 0 Å². The van der Waals surface area contributed by atoms with Crippen LogP contribution in [0.2, 0.25) is 0 Å². The van der Waals surface area contributed by atoms with Crippen LogP contribution >= 0.6 is 23.5 Å². The van der Waals surface area contributed by atoms with Crippen molar-refractivity contribution in [2.24, 2.45) is 0 Å². The number of rotatable bonds is 7. The number of nitrogens with one attached hydrogen (secondary N) is 2. The molecule has 0 saturated carbocycles. The quantitative estimate of drug-likeness (QED) is 0.443. The van der Waals surface area contributed by atoms with Gasteiger partial charge in [0.05, 0.1) is 0 Å². The van der Waals surface area contributed by atoms with Crippen LogP contribution in [0.3, 0.4) is 0 Å². The molecule has 2 N–H and O–H groups in total. The van der Waals surface area contributed by atoms with Crippen molar-refractivity contribution in [2.75, 3.05) is 36.5 Å².